The van der Waals surface area contributed by atoms with Gasteiger partial charge in [-0.25, -0.2) is 9.78 Å². The maximum atomic E-state index is 12.2. The van der Waals surface area contributed by atoms with Crippen molar-refractivity contribution < 1.29 is 14.3 Å². The number of hydrogen-bond acceptors (Lipinski definition) is 7. The maximum absolute atomic E-state index is 12.2. The van der Waals surface area contributed by atoms with E-state index in [9.17, 15) is 4.79 Å². The largest absolute Gasteiger partial charge is 0.442 e. The lowest BCUT2D eigenvalue weighted by Gasteiger charge is -2.28. The first-order valence-electron chi connectivity index (χ1n) is 9.13. The molecule has 1 aromatic heterocycles. The minimum atomic E-state index is -0.208. The van der Waals surface area contributed by atoms with Gasteiger partial charge in [0, 0.05) is 38.9 Å². The molecule has 0 unspecified atom stereocenters. The molecule has 4 rings (SSSR count). The summed E-state index contributed by atoms with van der Waals surface area (Å²) in [4.78, 5) is 22.9. The number of nitrogens with zero attached hydrogens (tertiary/aromatic N) is 5. The zero-order valence-corrected chi connectivity index (χ0v) is 14.7. The molecular formula is C18H23N5O3. The average molecular weight is 357 g/mol. The van der Waals surface area contributed by atoms with Crippen molar-refractivity contribution in [3.63, 3.8) is 0 Å². The Hall–Kier alpha value is -2.37. The molecule has 0 N–H and O–H groups in total. The first-order chi connectivity index (χ1) is 12.7. The van der Waals surface area contributed by atoms with Gasteiger partial charge in [0.15, 0.2) is 0 Å². The van der Waals surface area contributed by atoms with Crippen LogP contribution in [0.5, 0.6) is 0 Å². The molecule has 3 aliphatic heterocycles. The molecule has 138 valence electrons. The second-order valence-electron chi connectivity index (χ2n) is 6.91. The third kappa shape index (κ3) is 3.45. The molecule has 0 aromatic carbocycles. The number of amides is 1. The quantitative estimate of drug-likeness (QED) is 0.766. The van der Waals surface area contributed by atoms with Gasteiger partial charge in [-0.15, -0.1) is 0 Å². The van der Waals surface area contributed by atoms with E-state index in [-0.39, 0.29) is 18.2 Å². The number of morpholine rings is 1. The van der Waals surface area contributed by atoms with E-state index in [1.165, 1.54) is 0 Å². The van der Waals surface area contributed by atoms with Crippen molar-refractivity contribution >= 4 is 11.9 Å². The highest BCUT2D eigenvalue weighted by molar-refractivity contribution is 5.71. The summed E-state index contributed by atoms with van der Waals surface area (Å²) >= 11 is 0. The minimum absolute atomic E-state index is 0.0553. The Morgan fingerprint density at radius 1 is 1.27 bits per heavy atom. The van der Waals surface area contributed by atoms with Crippen LogP contribution in [0.15, 0.2) is 18.3 Å². The summed E-state index contributed by atoms with van der Waals surface area (Å²) in [6, 6.07) is 5.67. The lowest BCUT2D eigenvalue weighted by atomic mass is 10.2. The number of carbonyl (C=O) groups is 1. The number of nitriles is 1. The molecule has 2 atom stereocenters. The van der Waals surface area contributed by atoms with Gasteiger partial charge >= 0.3 is 6.09 Å². The van der Waals surface area contributed by atoms with Crippen molar-refractivity contribution in [3.05, 3.63) is 23.9 Å². The second-order valence-corrected chi connectivity index (χ2v) is 6.91. The molecule has 4 heterocycles. The highest BCUT2D eigenvalue weighted by Gasteiger charge is 2.47. The van der Waals surface area contributed by atoms with Crippen LogP contribution in [-0.2, 0) is 9.47 Å². The summed E-state index contributed by atoms with van der Waals surface area (Å²) in [5.74, 6) is 0.766. The summed E-state index contributed by atoms with van der Waals surface area (Å²) in [5, 5.41) is 9.06. The molecule has 3 aliphatic rings. The number of carbonyl (C=O) groups excluding carboxylic acids is 1. The highest BCUT2D eigenvalue weighted by atomic mass is 16.6. The number of hydrogen-bond donors (Lipinski definition) is 0. The molecule has 3 fully saturated rings. The van der Waals surface area contributed by atoms with Crippen LogP contribution in [0.4, 0.5) is 10.6 Å². The normalized spacial score (nSPS) is 25.9. The molecule has 0 aliphatic carbocycles. The standard InChI is InChI=1S/C18H23N5O3/c19-11-14-2-3-20-17(10-14)22-12-15-16(13-22)26-18(24)23(15)5-1-4-21-6-8-25-9-7-21/h2-3,10,15-16H,1,4-9,12-13H2/t15-,16+/m0/s1. The van der Waals surface area contributed by atoms with Gasteiger partial charge < -0.3 is 14.4 Å². The molecular weight excluding hydrogens is 334 g/mol. The first kappa shape index (κ1) is 17.1. The molecule has 26 heavy (non-hydrogen) atoms. The van der Waals surface area contributed by atoms with Gasteiger partial charge in [-0.3, -0.25) is 9.80 Å². The van der Waals surface area contributed by atoms with E-state index in [0.717, 1.165) is 45.1 Å². The van der Waals surface area contributed by atoms with Crippen LogP contribution in [0.25, 0.3) is 0 Å². The van der Waals surface area contributed by atoms with Crippen molar-refractivity contribution in [2.75, 3.05) is 57.4 Å². The van der Waals surface area contributed by atoms with E-state index < -0.39 is 0 Å². The van der Waals surface area contributed by atoms with Gasteiger partial charge in [0.1, 0.15) is 11.9 Å². The van der Waals surface area contributed by atoms with E-state index in [4.69, 9.17) is 14.7 Å². The Balaban J connectivity index is 1.34. The maximum Gasteiger partial charge on any atom is 0.410 e. The number of fused-ring (bicyclic) bond motifs is 1. The van der Waals surface area contributed by atoms with Gasteiger partial charge in [-0.05, 0) is 18.6 Å². The van der Waals surface area contributed by atoms with E-state index in [1.807, 2.05) is 4.90 Å². The fourth-order valence-corrected chi connectivity index (χ4v) is 3.90. The SMILES string of the molecule is N#Cc1ccnc(N2C[C@H]3OC(=O)N(CCCN4CCOCC4)[C@H]3C2)c1. The summed E-state index contributed by atoms with van der Waals surface area (Å²) in [6.07, 6.45) is 2.24. The van der Waals surface area contributed by atoms with E-state index >= 15 is 0 Å². The third-order valence-corrected chi connectivity index (χ3v) is 5.30. The van der Waals surface area contributed by atoms with Crippen LogP contribution >= 0.6 is 0 Å². The lowest BCUT2D eigenvalue weighted by Crippen LogP contribution is -2.41. The lowest BCUT2D eigenvalue weighted by molar-refractivity contribution is 0.0363. The monoisotopic (exact) mass is 357 g/mol. The van der Waals surface area contributed by atoms with E-state index in [2.05, 4.69) is 20.9 Å². The van der Waals surface area contributed by atoms with Crippen molar-refractivity contribution in [2.24, 2.45) is 0 Å². The van der Waals surface area contributed by atoms with Crippen molar-refractivity contribution in [1.82, 2.24) is 14.8 Å². The van der Waals surface area contributed by atoms with Crippen LogP contribution in [-0.4, -0.2) is 85.5 Å². The summed E-state index contributed by atoms with van der Waals surface area (Å²) in [5.41, 5.74) is 0.589. The van der Waals surface area contributed by atoms with Gasteiger partial charge in [0.25, 0.3) is 0 Å². The second kappa shape index (κ2) is 7.48. The molecule has 8 nitrogen and oxygen atoms in total. The van der Waals surface area contributed by atoms with Crippen LogP contribution in [0.1, 0.15) is 12.0 Å². The Morgan fingerprint density at radius 2 is 2.12 bits per heavy atom. The molecule has 0 bridgehead atoms. The smallest absolute Gasteiger partial charge is 0.410 e. The topological polar surface area (TPSA) is 81.9 Å². The number of pyridine rings is 1. The van der Waals surface area contributed by atoms with Crippen LogP contribution in [0.2, 0.25) is 0 Å². The van der Waals surface area contributed by atoms with Crippen molar-refractivity contribution in [1.29, 1.82) is 5.26 Å². The van der Waals surface area contributed by atoms with Gasteiger partial charge in [0.05, 0.1) is 37.4 Å². The van der Waals surface area contributed by atoms with Crippen LogP contribution in [0.3, 0.4) is 0 Å². The number of rotatable bonds is 5. The Kier molecular flexibility index (Phi) is 4.91. The zero-order chi connectivity index (χ0) is 17.9. The number of anilines is 1. The van der Waals surface area contributed by atoms with Crippen molar-refractivity contribution in [3.8, 4) is 6.07 Å². The van der Waals surface area contributed by atoms with Crippen molar-refractivity contribution in [2.45, 2.75) is 18.6 Å². The zero-order valence-electron chi connectivity index (χ0n) is 14.7. The van der Waals surface area contributed by atoms with E-state index in [1.54, 1.807) is 18.3 Å². The first-order valence-corrected chi connectivity index (χ1v) is 9.13. The Bertz CT molecular complexity index is 700. The molecule has 0 saturated carbocycles. The summed E-state index contributed by atoms with van der Waals surface area (Å²) < 4.78 is 10.9. The third-order valence-electron chi connectivity index (χ3n) is 5.30. The number of aromatic nitrogens is 1. The Morgan fingerprint density at radius 3 is 2.92 bits per heavy atom. The molecule has 1 aromatic rings. The molecule has 0 spiro atoms. The van der Waals surface area contributed by atoms with Crippen LogP contribution in [0, 0.1) is 11.3 Å². The fraction of sp³-hybridized carbons (Fsp3) is 0.611. The molecule has 3 saturated heterocycles. The van der Waals surface area contributed by atoms with Gasteiger partial charge in [-0.1, -0.05) is 0 Å². The minimum Gasteiger partial charge on any atom is -0.442 e. The Labute approximate surface area is 152 Å². The summed E-state index contributed by atoms with van der Waals surface area (Å²) in [7, 11) is 0. The van der Waals surface area contributed by atoms with Crippen LogP contribution < -0.4 is 4.90 Å². The summed E-state index contributed by atoms with van der Waals surface area (Å²) in [6.45, 7) is 6.50. The van der Waals surface area contributed by atoms with Gasteiger partial charge in [0.2, 0.25) is 0 Å². The number of ether oxygens (including phenoxy) is 2. The predicted molar refractivity (Wildman–Crippen MR) is 93.8 cm³/mol. The molecule has 0 radical (unpaired) electrons. The predicted octanol–water partition coefficient (Wildman–Crippen LogP) is 0.685. The van der Waals surface area contributed by atoms with E-state index in [0.29, 0.717) is 25.2 Å². The molecule has 1 amide bonds. The average Bonchev–Trinajstić information content (AvgIpc) is 3.21. The van der Waals surface area contributed by atoms with Gasteiger partial charge in [-0.2, -0.15) is 5.26 Å². The fourth-order valence-electron chi connectivity index (χ4n) is 3.90. The highest BCUT2D eigenvalue weighted by Crippen LogP contribution is 2.29. The molecule has 8 heteroatoms.